The molecule has 1 rings (SSSR count). The van der Waals surface area contributed by atoms with Crippen LogP contribution in [0.5, 0.6) is 0 Å². The minimum atomic E-state index is -2.87. The Labute approximate surface area is 74.0 Å². The van der Waals surface area contributed by atoms with Crippen molar-refractivity contribution in [3.05, 3.63) is 0 Å². The molecule has 0 spiro atoms. The Morgan fingerprint density at radius 2 is 2.00 bits per heavy atom. The second-order valence-corrected chi connectivity index (χ2v) is 5.92. The first-order valence-corrected chi connectivity index (χ1v) is 5.95. The summed E-state index contributed by atoms with van der Waals surface area (Å²) in [4.78, 5) is 0. The van der Waals surface area contributed by atoms with Crippen LogP contribution in [0, 0.1) is 5.92 Å². The quantitative estimate of drug-likeness (QED) is 0.651. The Kier molecular flexibility index (Phi) is 2.78. The molecule has 0 aliphatic carbocycles. The fraction of sp³-hybridized carbons (Fsp3) is 1.00. The largest absolute Gasteiger partial charge is 0.380 e. The van der Waals surface area contributed by atoms with Crippen LogP contribution < -0.4 is 0 Å². The molecule has 1 saturated heterocycles. The Bertz CT molecular complexity index is 243. The molecule has 3 nitrogen and oxygen atoms in total. The summed E-state index contributed by atoms with van der Waals surface area (Å²) in [5, 5.41) is -0.289. The molecular formula is C8H16O3S. The zero-order valence-electron chi connectivity index (χ0n) is 7.78. The van der Waals surface area contributed by atoms with E-state index in [-0.39, 0.29) is 23.0 Å². The highest BCUT2D eigenvalue weighted by molar-refractivity contribution is 7.92. The van der Waals surface area contributed by atoms with Gasteiger partial charge in [-0.15, -0.1) is 0 Å². The molecule has 1 fully saturated rings. The Hall–Kier alpha value is -0.0900. The molecule has 12 heavy (non-hydrogen) atoms. The van der Waals surface area contributed by atoms with Gasteiger partial charge in [0, 0.05) is 7.11 Å². The zero-order valence-corrected chi connectivity index (χ0v) is 8.60. The highest BCUT2D eigenvalue weighted by atomic mass is 32.2. The van der Waals surface area contributed by atoms with Crippen LogP contribution in [0.3, 0.4) is 0 Å². The summed E-state index contributed by atoms with van der Waals surface area (Å²) in [7, 11) is -1.29. The molecule has 1 aliphatic rings. The van der Waals surface area contributed by atoms with Gasteiger partial charge in [0.2, 0.25) is 0 Å². The van der Waals surface area contributed by atoms with Gasteiger partial charge in [-0.2, -0.15) is 0 Å². The lowest BCUT2D eigenvalue weighted by atomic mass is 10.0. The minimum absolute atomic E-state index is 0.0880. The first-order chi connectivity index (χ1) is 5.49. The molecule has 2 atom stereocenters. The number of sulfone groups is 1. The molecule has 72 valence electrons. The lowest BCUT2D eigenvalue weighted by Gasteiger charge is -2.20. The fourth-order valence-electron chi connectivity index (χ4n) is 1.91. The molecule has 0 amide bonds. The number of ether oxygens (including phenoxy) is 1. The van der Waals surface area contributed by atoms with Gasteiger partial charge in [-0.3, -0.25) is 0 Å². The van der Waals surface area contributed by atoms with Gasteiger partial charge < -0.3 is 4.74 Å². The van der Waals surface area contributed by atoms with Crippen LogP contribution in [0.4, 0.5) is 0 Å². The molecule has 4 heteroatoms. The van der Waals surface area contributed by atoms with Crippen molar-refractivity contribution >= 4 is 9.84 Å². The standard InChI is InChI=1S/C8H16O3S/c1-6(2)8-7(11-3)4-5-12(8,9)10/h6-8H,4-5H2,1-3H3/t7-,8?/m0/s1. The van der Waals surface area contributed by atoms with Gasteiger partial charge >= 0.3 is 0 Å². The van der Waals surface area contributed by atoms with E-state index in [1.54, 1.807) is 7.11 Å². The van der Waals surface area contributed by atoms with Crippen LogP contribution in [0.1, 0.15) is 20.3 Å². The topological polar surface area (TPSA) is 43.4 Å². The van der Waals surface area contributed by atoms with E-state index in [4.69, 9.17) is 4.74 Å². The maximum atomic E-state index is 11.5. The molecule has 0 aromatic rings. The first kappa shape index (κ1) is 9.99. The van der Waals surface area contributed by atoms with Gasteiger partial charge in [0.25, 0.3) is 0 Å². The van der Waals surface area contributed by atoms with E-state index in [1.165, 1.54) is 0 Å². The van der Waals surface area contributed by atoms with Crippen LogP contribution >= 0.6 is 0 Å². The van der Waals surface area contributed by atoms with Crippen molar-refractivity contribution in [2.24, 2.45) is 5.92 Å². The second-order valence-electron chi connectivity index (χ2n) is 3.64. The summed E-state index contributed by atoms with van der Waals surface area (Å²) in [6.45, 7) is 3.86. The van der Waals surface area contributed by atoms with Gasteiger partial charge in [-0.05, 0) is 12.3 Å². The third-order valence-corrected chi connectivity index (χ3v) is 4.91. The number of hydrogen-bond acceptors (Lipinski definition) is 3. The highest BCUT2D eigenvalue weighted by Crippen LogP contribution is 2.28. The lowest BCUT2D eigenvalue weighted by Crippen LogP contribution is -2.32. The zero-order chi connectivity index (χ0) is 9.35. The van der Waals surface area contributed by atoms with E-state index in [9.17, 15) is 8.42 Å². The minimum Gasteiger partial charge on any atom is -0.380 e. The van der Waals surface area contributed by atoms with Gasteiger partial charge in [0.1, 0.15) is 0 Å². The summed E-state index contributed by atoms with van der Waals surface area (Å²) in [6, 6.07) is 0. The smallest absolute Gasteiger partial charge is 0.156 e. The molecule has 1 heterocycles. The Balaban J connectivity index is 2.88. The van der Waals surface area contributed by atoms with Gasteiger partial charge in [-0.1, -0.05) is 13.8 Å². The summed E-state index contributed by atoms with van der Waals surface area (Å²) >= 11 is 0. The maximum absolute atomic E-state index is 11.5. The first-order valence-electron chi connectivity index (χ1n) is 4.23. The average molecular weight is 192 g/mol. The van der Waals surface area contributed by atoms with Crippen molar-refractivity contribution < 1.29 is 13.2 Å². The van der Waals surface area contributed by atoms with Crippen LogP contribution in [-0.4, -0.2) is 32.6 Å². The number of rotatable bonds is 2. The number of methoxy groups -OCH3 is 1. The number of hydrogen-bond donors (Lipinski definition) is 0. The van der Waals surface area contributed by atoms with E-state index in [0.29, 0.717) is 6.42 Å². The molecule has 0 bridgehead atoms. The van der Waals surface area contributed by atoms with Gasteiger partial charge in [0.05, 0.1) is 17.1 Å². The molecular weight excluding hydrogens is 176 g/mol. The van der Waals surface area contributed by atoms with E-state index >= 15 is 0 Å². The molecule has 0 saturated carbocycles. The normalized spacial score (nSPS) is 34.3. The third kappa shape index (κ3) is 1.64. The van der Waals surface area contributed by atoms with Gasteiger partial charge in [-0.25, -0.2) is 8.42 Å². The molecule has 0 radical (unpaired) electrons. The Morgan fingerprint density at radius 1 is 1.42 bits per heavy atom. The third-order valence-electron chi connectivity index (χ3n) is 2.43. The van der Waals surface area contributed by atoms with Crippen LogP contribution in [0.25, 0.3) is 0 Å². The summed E-state index contributed by atoms with van der Waals surface area (Å²) in [5.41, 5.74) is 0. The van der Waals surface area contributed by atoms with E-state index in [0.717, 1.165) is 0 Å². The van der Waals surface area contributed by atoms with Crippen molar-refractivity contribution in [1.82, 2.24) is 0 Å². The van der Waals surface area contributed by atoms with Crippen molar-refractivity contribution in [2.45, 2.75) is 31.6 Å². The van der Waals surface area contributed by atoms with Crippen LogP contribution in [-0.2, 0) is 14.6 Å². The van der Waals surface area contributed by atoms with E-state index < -0.39 is 9.84 Å². The van der Waals surface area contributed by atoms with Crippen molar-refractivity contribution in [2.75, 3.05) is 12.9 Å². The van der Waals surface area contributed by atoms with E-state index in [1.807, 2.05) is 13.8 Å². The lowest BCUT2D eigenvalue weighted by molar-refractivity contribution is 0.0930. The summed E-state index contributed by atoms with van der Waals surface area (Å²) < 4.78 is 28.1. The van der Waals surface area contributed by atoms with Crippen LogP contribution in [0.15, 0.2) is 0 Å². The SMILES string of the molecule is CO[C@H]1CCS(=O)(=O)C1C(C)C. The van der Waals surface area contributed by atoms with Crippen LogP contribution in [0.2, 0.25) is 0 Å². The van der Waals surface area contributed by atoms with Gasteiger partial charge in [0.15, 0.2) is 9.84 Å². The maximum Gasteiger partial charge on any atom is 0.156 e. The molecule has 1 aliphatic heterocycles. The molecule has 0 aromatic heterocycles. The fourth-order valence-corrected chi connectivity index (χ4v) is 4.28. The van der Waals surface area contributed by atoms with E-state index in [2.05, 4.69) is 0 Å². The summed E-state index contributed by atoms with van der Waals surface area (Å²) in [6.07, 6.45) is 0.566. The average Bonchev–Trinajstić information content (AvgIpc) is 2.24. The summed E-state index contributed by atoms with van der Waals surface area (Å²) in [5.74, 6) is 0.441. The molecule has 0 aromatic carbocycles. The molecule has 1 unspecified atom stereocenters. The monoisotopic (exact) mass is 192 g/mol. The van der Waals surface area contributed by atoms with Crippen molar-refractivity contribution in [3.8, 4) is 0 Å². The second kappa shape index (κ2) is 3.34. The predicted molar refractivity (Wildman–Crippen MR) is 47.8 cm³/mol. The predicted octanol–water partition coefficient (Wildman–Crippen LogP) is 0.845. The van der Waals surface area contributed by atoms with Crippen molar-refractivity contribution in [1.29, 1.82) is 0 Å². The highest BCUT2D eigenvalue weighted by Gasteiger charge is 2.42. The molecule has 0 N–H and O–H groups in total. The Morgan fingerprint density at radius 3 is 2.33 bits per heavy atom. The van der Waals surface area contributed by atoms with Crippen molar-refractivity contribution in [3.63, 3.8) is 0 Å².